The first kappa shape index (κ1) is 10.5. The van der Waals surface area contributed by atoms with Gasteiger partial charge in [0, 0.05) is 11.9 Å². The quantitative estimate of drug-likeness (QED) is 0.708. The van der Waals surface area contributed by atoms with Gasteiger partial charge < -0.3 is 9.64 Å². The third kappa shape index (κ3) is 2.14. The van der Waals surface area contributed by atoms with E-state index in [2.05, 4.69) is 0 Å². The highest BCUT2D eigenvalue weighted by Crippen LogP contribution is 2.18. The number of benzene rings is 1. The van der Waals surface area contributed by atoms with Crippen LogP contribution < -0.4 is 4.90 Å². The Bertz CT molecular complexity index is 435. The molecule has 0 spiro atoms. The fourth-order valence-corrected chi connectivity index (χ4v) is 1.61. The van der Waals surface area contributed by atoms with E-state index in [1.165, 1.54) is 7.11 Å². The number of ether oxygens (including phenoxy) is 1. The molecule has 0 radical (unpaired) electrons. The van der Waals surface area contributed by atoms with Gasteiger partial charge in [-0.1, -0.05) is 18.2 Å². The van der Waals surface area contributed by atoms with Crippen LogP contribution in [-0.4, -0.2) is 19.6 Å². The van der Waals surface area contributed by atoms with Crippen molar-refractivity contribution < 1.29 is 9.53 Å². The molecule has 3 nitrogen and oxygen atoms in total. The standard InChI is InChI=1S/C13H13NO2/c1-16-13(15)11-6-5-9-14(10-11)12-7-3-2-4-8-12/h2-9H,10H2,1H3. The lowest BCUT2D eigenvalue weighted by molar-refractivity contribution is -0.136. The molecule has 0 N–H and O–H groups in total. The van der Waals surface area contributed by atoms with E-state index < -0.39 is 0 Å². The zero-order chi connectivity index (χ0) is 11.4. The summed E-state index contributed by atoms with van der Waals surface area (Å²) >= 11 is 0. The second-order valence-electron chi connectivity index (χ2n) is 3.49. The monoisotopic (exact) mass is 215 g/mol. The molecule has 0 fully saturated rings. The second-order valence-corrected chi connectivity index (χ2v) is 3.49. The summed E-state index contributed by atoms with van der Waals surface area (Å²) in [4.78, 5) is 13.4. The molecule has 0 saturated carbocycles. The van der Waals surface area contributed by atoms with Crippen molar-refractivity contribution in [3.05, 3.63) is 54.3 Å². The summed E-state index contributed by atoms with van der Waals surface area (Å²) < 4.78 is 4.71. The Morgan fingerprint density at radius 1 is 1.31 bits per heavy atom. The SMILES string of the molecule is COC(=O)C1=CC=CN(c2ccccc2)C1. The number of hydrogen-bond donors (Lipinski definition) is 0. The van der Waals surface area contributed by atoms with E-state index in [4.69, 9.17) is 4.74 Å². The molecule has 3 heteroatoms. The first-order valence-corrected chi connectivity index (χ1v) is 5.08. The van der Waals surface area contributed by atoms with Crippen LogP contribution in [0.2, 0.25) is 0 Å². The van der Waals surface area contributed by atoms with Gasteiger partial charge in [0.25, 0.3) is 0 Å². The fraction of sp³-hybridized carbons (Fsp3) is 0.154. The van der Waals surface area contributed by atoms with E-state index in [1.54, 1.807) is 6.08 Å². The minimum absolute atomic E-state index is 0.273. The van der Waals surface area contributed by atoms with E-state index >= 15 is 0 Å². The molecule has 0 atom stereocenters. The van der Waals surface area contributed by atoms with Gasteiger partial charge in [0.1, 0.15) is 0 Å². The molecular weight excluding hydrogens is 202 g/mol. The zero-order valence-electron chi connectivity index (χ0n) is 9.09. The normalized spacial score (nSPS) is 14.6. The predicted molar refractivity (Wildman–Crippen MR) is 63.0 cm³/mol. The average molecular weight is 215 g/mol. The van der Waals surface area contributed by atoms with Gasteiger partial charge in [-0.05, 0) is 24.3 Å². The zero-order valence-corrected chi connectivity index (χ0v) is 9.09. The molecule has 0 unspecified atom stereocenters. The lowest BCUT2D eigenvalue weighted by Gasteiger charge is -2.23. The average Bonchev–Trinajstić information content (AvgIpc) is 2.39. The van der Waals surface area contributed by atoms with Gasteiger partial charge in [-0.15, -0.1) is 0 Å². The Morgan fingerprint density at radius 3 is 2.75 bits per heavy atom. The van der Waals surface area contributed by atoms with Crippen molar-refractivity contribution in [2.45, 2.75) is 0 Å². The molecule has 1 heterocycles. The van der Waals surface area contributed by atoms with E-state index in [0.29, 0.717) is 12.1 Å². The van der Waals surface area contributed by atoms with Crippen molar-refractivity contribution in [3.63, 3.8) is 0 Å². The van der Waals surface area contributed by atoms with Crippen molar-refractivity contribution in [2.75, 3.05) is 18.6 Å². The lowest BCUT2D eigenvalue weighted by atomic mass is 10.1. The molecule has 1 aliphatic heterocycles. The van der Waals surface area contributed by atoms with Crippen LogP contribution in [-0.2, 0) is 9.53 Å². The molecule has 0 aromatic heterocycles. The van der Waals surface area contributed by atoms with Crippen LogP contribution in [0.1, 0.15) is 0 Å². The summed E-state index contributed by atoms with van der Waals surface area (Å²) in [5.74, 6) is -0.273. The second kappa shape index (κ2) is 4.66. The first-order chi connectivity index (χ1) is 7.81. The van der Waals surface area contributed by atoms with Crippen LogP contribution >= 0.6 is 0 Å². The van der Waals surface area contributed by atoms with E-state index in [-0.39, 0.29) is 5.97 Å². The highest BCUT2D eigenvalue weighted by Gasteiger charge is 2.15. The Hall–Kier alpha value is -2.03. The van der Waals surface area contributed by atoms with E-state index in [0.717, 1.165) is 5.69 Å². The number of methoxy groups -OCH3 is 1. The summed E-state index contributed by atoms with van der Waals surface area (Å²) in [6.07, 6.45) is 5.58. The number of allylic oxidation sites excluding steroid dienone is 2. The highest BCUT2D eigenvalue weighted by molar-refractivity contribution is 5.90. The minimum Gasteiger partial charge on any atom is -0.466 e. The van der Waals surface area contributed by atoms with Gasteiger partial charge in [-0.2, -0.15) is 0 Å². The molecule has 0 bridgehead atoms. The largest absolute Gasteiger partial charge is 0.466 e. The maximum atomic E-state index is 11.4. The number of anilines is 1. The van der Waals surface area contributed by atoms with Crippen LogP contribution in [0.3, 0.4) is 0 Å². The van der Waals surface area contributed by atoms with Gasteiger partial charge in [0.05, 0.1) is 19.2 Å². The van der Waals surface area contributed by atoms with Gasteiger partial charge in [0.15, 0.2) is 0 Å². The summed E-state index contributed by atoms with van der Waals surface area (Å²) in [7, 11) is 1.40. The number of carbonyl (C=O) groups is 1. The number of carbonyl (C=O) groups excluding carboxylic acids is 1. The fourth-order valence-electron chi connectivity index (χ4n) is 1.61. The van der Waals surface area contributed by atoms with Crippen LogP contribution in [0.15, 0.2) is 54.3 Å². The van der Waals surface area contributed by atoms with E-state index in [1.807, 2.05) is 47.5 Å². The van der Waals surface area contributed by atoms with Crippen LogP contribution in [0, 0.1) is 0 Å². The molecule has 1 aliphatic rings. The van der Waals surface area contributed by atoms with Gasteiger partial charge in [-0.3, -0.25) is 0 Å². The van der Waals surface area contributed by atoms with Crippen molar-refractivity contribution >= 4 is 11.7 Å². The molecule has 1 aromatic rings. The number of para-hydroxylation sites is 1. The smallest absolute Gasteiger partial charge is 0.335 e. The van der Waals surface area contributed by atoms with Crippen molar-refractivity contribution in [1.29, 1.82) is 0 Å². The van der Waals surface area contributed by atoms with Crippen LogP contribution in [0.4, 0.5) is 5.69 Å². The Morgan fingerprint density at radius 2 is 2.06 bits per heavy atom. The van der Waals surface area contributed by atoms with Crippen molar-refractivity contribution in [3.8, 4) is 0 Å². The maximum absolute atomic E-state index is 11.4. The summed E-state index contributed by atoms with van der Waals surface area (Å²) in [5.41, 5.74) is 1.72. The van der Waals surface area contributed by atoms with Crippen LogP contribution in [0.5, 0.6) is 0 Å². The number of rotatable bonds is 2. The third-order valence-electron chi connectivity index (χ3n) is 2.44. The first-order valence-electron chi connectivity index (χ1n) is 5.08. The Labute approximate surface area is 94.6 Å². The molecule has 16 heavy (non-hydrogen) atoms. The maximum Gasteiger partial charge on any atom is 0.335 e. The van der Waals surface area contributed by atoms with Crippen molar-refractivity contribution in [2.24, 2.45) is 0 Å². The third-order valence-corrected chi connectivity index (χ3v) is 2.44. The Kier molecular flexibility index (Phi) is 3.05. The minimum atomic E-state index is -0.273. The van der Waals surface area contributed by atoms with Gasteiger partial charge >= 0.3 is 5.97 Å². The molecule has 0 aliphatic carbocycles. The molecule has 82 valence electrons. The van der Waals surface area contributed by atoms with Gasteiger partial charge in [-0.25, -0.2) is 4.79 Å². The highest BCUT2D eigenvalue weighted by atomic mass is 16.5. The van der Waals surface area contributed by atoms with E-state index in [9.17, 15) is 4.79 Å². The molecule has 0 saturated heterocycles. The molecule has 1 aromatic carbocycles. The Balaban J connectivity index is 2.16. The number of hydrogen-bond acceptors (Lipinski definition) is 3. The molecular formula is C13H13NO2. The summed E-state index contributed by atoms with van der Waals surface area (Å²) in [6.45, 7) is 0.549. The number of nitrogens with zero attached hydrogens (tertiary/aromatic N) is 1. The lowest BCUT2D eigenvalue weighted by Crippen LogP contribution is -2.25. The molecule has 2 rings (SSSR count). The van der Waals surface area contributed by atoms with Crippen LogP contribution in [0.25, 0.3) is 0 Å². The topological polar surface area (TPSA) is 29.5 Å². The number of esters is 1. The van der Waals surface area contributed by atoms with Crippen molar-refractivity contribution in [1.82, 2.24) is 0 Å². The molecule has 0 amide bonds. The van der Waals surface area contributed by atoms with Gasteiger partial charge in [0.2, 0.25) is 0 Å². The summed E-state index contributed by atoms with van der Waals surface area (Å²) in [5, 5.41) is 0. The predicted octanol–water partition coefficient (Wildman–Crippen LogP) is 2.12. The summed E-state index contributed by atoms with van der Waals surface area (Å²) in [6, 6.07) is 9.92.